The average molecular weight is 385 g/mol. The van der Waals surface area contributed by atoms with Crippen molar-refractivity contribution in [2.75, 3.05) is 51.3 Å². The van der Waals surface area contributed by atoms with Gasteiger partial charge in [0.2, 0.25) is 0 Å². The number of alkyl halides is 1. The highest BCUT2D eigenvalue weighted by atomic mass is 32.2. The fraction of sp³-hybridized carbons (Fsp3) is 1.00. The van der Waals surface area contributed by atoms with E-state index in [-0.39, 0.29) is 5.75 Å². The Morgan fingerprint density at radius 3 is 1.80 bits per heavy atom. The highest BCUT2D eigenvalue weighted by Crippen LogP contribution is 2.11. The van der Waals surface area contributed by atoms with Crippen LogP contribution in [0, 0.1) is 0 Å². The number of sulfone groups is 1. The van der Waals surface area contributed by atoms with E-state index in [4.69, 9.17) is 0 Å². The number of hydrogen-bond acceptors (Lipinski definition) is 4. The SMILES string of the molecule is CC.CC.CCCN(CC)CCS(C)(=O)=O.CCN1CCC(F)CC1. The molecule has 156 valence electrons. The third kappa shape index (κ3) is 21.8. The van der Waals surface area contributed by atoms with Crippen molar-refractivity contribution in [1.29, 1.82) is 0 Å². The molecule has 0 saturated carbocycles. The Labute approximate surface area is 158 Å². The molecule has 1 saturated heterocycles. The number of nitrogens with zero attached hydrogens (tertiary/aromatic N) is 2. The number of piperidine rings is 1. The van der Waals surface area contributed by atoms with Gasteiger partial charge in [-0.25, -0.2) is 12.8 Å². The van der Waals surface area contributed by atoms with Gasteiger partial charge >= 0.3 is 0 Å². The monoisotopic (exact) mass is 384 g/mol. The van der Waals surface area contributed by atoms with Crippen LogP contribution in [0.2, 0.25) is 0 Å². The number of rotatable bonds is 7. The Morgan fingerprint density at radius 2 is 1.48 bits per heavy atom. The van der Waals surface area contributed by atoms with E-state index in [0.29, 0.717) is 6.54 Å². The lowest BCUT2D eigenvalue weighted by Gasteiger charge is -2.26. The van der Waals surface area contributed by atoms with Crippen LogP contribution in [0.15, 0.2) is 0 Å². The van der Waals surface area contributed by atoms with Crippen molar-refractivity contribution in [1.82, 2.24) is 9.80 Å². The van der Waals surface area contributed by atoms with Gasteiger partial charge in [-0.2, -0.15) is 0 Å². The van der Waals surface area contributed by atoms with Crippen molar-refractivity contribution >= 4 is 9.84 Å². The molecule has 4 nitrogen and oxygen atoms in total. The van der Waals surface area contributed by atoms with Crippen molar-refractivity contribution in [3.05, 3.63) is 0 Å². The van der Waals surface area contributed by atoms with E-state index < -0.39 is 16.0 Å². The molecule has 1 aliphatic heterocycles. The van der Waals surface area contributed by atoms with Crippen LogP contribution in [-0.4, -0.2) is 75.7 Å². The first-order valence-corrected chi connectivity index (χ1v) is 12.1. The van der Waals surface area contributed by atoms with Crippen molar-refractivity contribution in [3.8, 4) is 0 Å². The maximum Gasteiger partial charge on any atom is 0.148 e. The van der Waals surface area contributed by atoms with Crippen LogP contribution in [0.3, 0.4) is 0 Å². The number of likely N-dealkylation sites (tertiary alicyclic amines) is 1. The van der Waals surface area contributed by atoms with E-state index in [9.17, 15) is 12.8 Å². The van der Waals surface area contributed by atoms with Crippen molar-refractivity contribution in [3.63, 3.8) is 0 Å². The first-order valence-electron chi connectivity index (χ1n) is 10.1. The third-order valence-corrected chi connectivity index (χ3v) is 4.65. The molecule has 1 rings (SSSR count). The standard InChI is InChI=1S/C8H19NO2S.C7H14FN.2C2H6/c1-4-6-9(5-2)7-8-12(3,10)11;1-2-9-5-3-7(8)4-6-9;2*1-2/h4-8H2,1-3H3;7H,2-6H2,1H3;2*1-2H3. The first kappa shape index (κ1) is 29.6. The lowest BCUT2D eigenvalue weighted by atomic mass is 10.1. The average Bonchev–Trinajstić information content (AvgIpc) is 2.62. The molecule has 0 bridgehead atoms. The molecule has 0 aromatic rings. The summed E-state index contributed by atoms with van der Waals surface area (Å²) in [6.07, 6.45) is 3.33. The van der Waals surface area contributed by atoms with Gasteiger partial charge in [0.15, 0.2) is 0 Å². The van der Waals surface area contributed by atoms with E-state index in [2.05, 4.69) is 30.6 Å². The lowest BCUT2D eigenvalue weighted by molar-refractivity contribution is 0.156. The molecule has 1 aliphatic rings. The van der Waals surface area contributed by atoms with Crippen LogP contribution in [0.1, 0.15) is 67.7 Å². The Balaban J connectivity index is -0.000000329. The predicted octanol–water partition coefficient (Wildman–Crippen LogP) is 4.26. The zero-order valence-corrected chi connectivity index (χ0v) is 19.0. The molecule has 0 aliphatic carbocycles. The van der Waals surface area contributed by atoms with E-state index in [1.54, 1.807) is 0 Å². The fourth-order valence-corrected chi connectivity index (χ4v) is 2.85. The van der Waals surface area contributed by atoms with E-state index in [0.717, 1.165) is 52.0 Å². The molecule has 6 heteroatoms. The Morgan fingerprint density at radius 1 is 1.00 bits per heavy atom. The van der Waals surface area contributed by atoms with Gasteiger partial charge in [-0.15, -0.1) is 0 Å². The molecule has 0 aromatic heterocycles. The summed E-state index contributed by atoms with van der Waals surface area (Å²) < 4.78 is 34.1. The van der Waals surface area contributed by atoms with Gasteiger partial charge in [0.25, 0.3) is 0 Å². The maximum atomic E-state index is 12.5. The number of hydrogen-bond donors (Lipinski definition) is 0. The lowest BCUT2D eigenvalue weighted by Crippen LogP contribution is -2.33. The smallest absolute Gasteiger partial charge is 0.148 e. The second kappa shape index (κ2) is 20.1. The zero-order valence-electron chi connectivity index (χ0n) is 18.1. The largest absolute Gasteiger partial charge is 0.303 e. The summed E-state index contributed by atoms with van der Waals surface area (Å²) in [4.78, 5) is 4.44. The normalized spacial score (nSPS) is 15.3. The minimum Gasteiger partial charge on any atom is -0.303 e. The molecule has 0 aromatic carbocycles. The van der Waals surface area contributed by atoms with Crippen LogP contribution in [-0.2, 0) is 9.84 Å². The third-order valence-electron chi connectivity index (χ3n) is 3.73. The van der Waals surface area contributed by atoms with Gasteiger partial charge in [-0.3, -0.25) is 0 Å². The molecule has 0 spiro atoms. The van der Waals surface area contributed by atoms with Gasteiger partial charge in [-0.05, 0) is 38.9 Å². The van der Waals surface area contributed by atoms with Gasteiger partial charge in [0.05, 0.1) is 5.75 Å². The molecule has 0 N–H and O–H groups in total. The van der Waals surface area contributed by atoms with Gasteiger partial charge in [0, 0.05) is 25.9 Å². The molecule has 0 atom stereocenters. The van der Waals surface area contributed by atoms with E-state index >= 15 is 0 Å². The van der Waals surface area contributed by atoms with Crippen molar-refractivity contribution in [2.24, 2.45) is 0 Å². The van der Waals surface area contributed by atoms with Crippen LogP contribution < -0.4 is 0 Å². The molecule has 0 unspecified atom stereocenters. The minimum atomic E-state index is -2.79. The van der Waals surface area contributed by atoms with Crippen molar-refractivity contribution in [2.45, 2.75) is 73.9 Å². The topological polar surface area (TPSA) is 40.6 Å². The molecular formula is C19H45FN2O2S. The predicted molar refractivity (Wildman–Crippen MR) is 111 cm³/mol. The second-order valence-electron chi connectivity index (χ2n) is 5.67. The molecule has 0 amide bonds. The van der Waals surface area contributed by atoms with Gasteiger partial charge < -0.3 is 9.80 Å². The van der Waals surface area contributed by atoms with Crippen LogP contribution >= 0.6 is 0 Å². The molecule has 1 heterocycles. The summed E-state index contributed by atoms with van der Waals surface area (Å²) >= 11 is 0. The summed E-state index contributed by atoms with van der Waals surface area (Å²) in [5, 5.41) is 0. The summed E-state index contributed by atoms with van der Waals surface area (Å²) in [5.74, 6) is 0.279. The minimum absolute atomic E-state index is 0.279. The van der Waals surface area contributed by atoms with Gasteiger partial charge in [0.1, 0.15) is 16.0 Å². The molecule has 25 heavy (non-hydrogen) atoms. The first-order chi connectivity index (χ1) is 11.8. The van der Waals surface area contributed by atoms with Crippen LogP contribution in [0.5, 0.6) is 0 Å². The summed E-state index contributed by atoms with van der Waals surface area (Å²) in [7, 11) is -2.79. The van der Waals surface area contributed by atoms with E-state index in [1.165, 1.54) is 6.26 Å². The fourth-order valence-electron chi connectivity index (χ4n) is 2.26. The van der Waals surface area contributed by atoms with Crippen molar-refractivity contribution < 1.29 is 12.8 Å². The Kier molecular flexibility index (Phi) is 23.8. The highest BCUT2D eigenvalue weighted by molar-refractivity contribution is 7.90. The Bertz CT molecular complexity index is 343. The summed E-state index contributed by atoms with van der Waals surface area (Å²) in [6, 6.07) is 0. The molecule has 1 fully saturated rings. The van der Waals surface area contributed by atoms with Crippen LogP contribution in [0.25, 0.3) is 0 Å². The van der Waals surface area contributed by atoms with Crippen LogP contribution in [0.4, 0.5) is 4.39 Å². The molecule has 0 radical (unpaired) electrons. The highest BCUT2D eigenvalue weighted by Gasteiger charge is 2.15. The summed E-state index contributed by atoms with van der Waals surface area (Å²) in [6.45, 7) is 19.9. The Hall–Kier alpha value is -0.200. The maximum absolute atomic E-state index is 12.5. The molecular weight excluding hydrogens is 339 g/mol. The van der Waals surface area contributed by atoms with E-state index in [1.807, 2.05) is 27.7 Å². The quantitative estimate of drug-likeness (QED) is 0.658. The summed E-state index contributed by atoms with van der Waals surface area (Å²) in [5.41, 5.74) is 0. The zero-order chi connectivity index (χ0) is 20.3. The second-order valence-corrected chi connectivity index (χ2v) is 7.93. The van der Waals surface area contributed by atoms with Gasteiger partial charge in [-0.1, -0.05) is 48.5 Å². The number of halogens is 1.